The van der Waals surface area contributed by atoms with Gasteiger partial charge in [0.2, 0.25) is 0 Å². The third-order valence-electron chi connectivity index (χ3n) is 4.70. The summed E-state index contributed by atoms with van der Waals surface area (Å²) in [5.41, 5.74) is 4.85. The summed E-state index contributed by atoms with van der Waals surface area (Å²) >= 11 is 12.1. The number of ether oxygens (including phenoxy) is 1. The van der Waals surface area contributed by atoms with E-state index < -0.39 is 0 Å². The third kappa shape index (κ3) is 5.23. The number of fused-ring (bicyclic) bond motifs is 1. The van der Waals surface area contributed by atoms with Crippen molar-refractivity contribution in [2.75, 3.05) is 0 Å². The minimum absolute atomic E-state index is 0.257. The number of carbonyl (C=O) groups excluding carboxylic acids is 1. The van der Waals surface area contributed by atoms with Crippen LogP contribution in [0.4, 0.5) is 0 Å². The summed E-state index contributed by atoms with van der Waals surface area (Å²) in [7, 11) is 0. The summed E-state index contributed by atoms with van der Waals surface area (Å²) in [6.07, 6.45) is 1.59. The second-order valence-corrected chi connectivity index (χ2v) is 7.66. The van der Waals surface area contributed by atoms with E-state index in [9.17, 15) is 4.79 Å². The van der Waals surface area contributed by atoms with Crippen LogP contribution >= 0.6 is 23.2 Å². The summed E-state index contributed by atoms with van der Waals surface area (Å²) in [5, 5.41) is 7.13. The molecule has 0 aliphatic rings. The lowest BCUT2D eigenvalue weighted by atomic mass is 10.0. The predicted molar refractivity (Wildman–Crippen MR) is 126 cm³/mol. The van der Waals surface area contributed by atoms with E-state index in [4.69, 9.17) is 27.9 Å². The Hall–Kier alpha value is -3.34. The molecule has 0 saturated carbocycles. The van der Waals surface area contributed by atoms with Crippen LogP contribution < -0.4 is 10.2 Å². The molecule has 0 aliphatic carbocycles. The lowest BCUT2D eigenvalue weighted by Gasteiger charge is -2.08. The first kappa shape index (κ1) is 20.9. The number of nitrogens with zero attached hydrogens (tertiary/aromatic N) is 1. The van der Waals surface area contributed by atoms with Crippen LogP contribution in [0.15, 0.2) is 90.0 Å². The topological polar surface area (TPSA) is 50.7 Å². The molecular formula is C25H18Cl2N2O2. The van der Waals surface area contributed by atoms with Gasteiger partial charge >= 0.3 is 0 Å². The van der Waals surface area contributed by atoms with E-state index in [2.05, 4.69) is 10.5 Å². The highest BCUT2D eigenvalue weighted by Crippen LogP contribution is 2.23. The molecule has 1 amide bonds. The number of halogens is 2. The van der Waals surface area contributed by atoms with Gasteiger partial charge in [-0.3, -0.25) is 4.79 Å². The first-order valence-corrected chi connectivity index (χ1v) is 10.3. The van der Waals surface area contributed by atoms with Crippen molar-refractivity contribution in [1.29, 1.82) is 0 Å². The van der Waals surface area contributed by atoms with Gasteiger partial charge < -0.3 is 4.74 Å². The molecule has 4 aromatic rings. The van der Waals surface area contributed by atoms with Crippen molar-refractivity contribution in [3.8, 4) is 5.75 Å². The third-order valence-corrected chi connectivity index (χ3v) is 5.29. The molecule has 0 heterocycles. The summed E-state index contributed by atoms with van der Waals surface area (Å²) in [6, 6.07) is 26.0. The van der Waals surface area contributed by atoms with Gasteiger partial charge in [-0.15, -0.1) is 0 Å². The molecule has 0 atom stereocenters. The molecular weight excluding hydrogens is 431 g/mol. The smallest absolute Gasteiger partial charge is 0.271 e. The fourth-order valence-corrected chi connectivity index (χ4v) is 3.56. The molecule has 1 N–H and O–H groups in total. The highest BCUT2D eigenvalue weighted by atomic mass is 35.5. The Morgan fingerprint density at radius 1 is 0.935 bits per heavy atom. The van der Waals surface area contributed by atoms with Crippen molar-refractivity contribution in [2.45, 2.75) is 6.61 Å². The maximum Gasteiger partial charge on any atom is 0.271 e. The standard InChI is InChI=1S/C25H18Cl2N2O2/c26-20-11-10-19(24(27)14-20)16-31-21-12-8-17(9-13-21)15-28-29-25(30)23-7-3-5-18-4-1-2-6-22(18)23/h1-15H,16H2,(H,29,30)/b28-15-. The summed E-state index contributed by atoms with van der Waals surface area (Å²) in [4.78, 5) is 12.5. The number of amides is 1. The second-order valence-electron chi connectivity index (χ2n) is 6.82. The second kappa shape index (κ2) is 9.65. The fourth-order valence-electron chi connectivity index (χ4n) is 3.10. The Kier molecular flexibility index (Phi) is 6.51. The average Bonchev–Trinajstić information content (AvgIpc) is 2.79. The molecule has 6 heteroatoms. The Labute approximate surface area is 190 Å². The zero-order valence-corrected chi connectivity index (χ0v) is 17.9. The first-order valence-electron chi connectivity index (χ1n) is 9.58. The highest BCUT2D eigenvalue weighted by Gasteiger charge is 2.08. The SMILES string of the molecule is O=C(N/N=C\c1ccc(OCc2ccc(Cl)cc2Cl)cc1)c1cccc2ccccc12. The molecule has 4 nitrogen and oxygen atoms in total. The largest absolute Gasteiger partial charge is 0.489 e. The van der Waals surface area contributed by atoms with E-state index in [0.29, 0.717) is 28.0 Å². The molecule has 154 valence electrons. The quantitative estimate of drug-likeness (QED) is 0.270. The van der Waals surface area contributed by atoms with Gasteiger partial charge in [0.05, 0.1) is 6.21 Å². The van der Waals surface area contributed by atoms with Crippen LogP contribution in [0.5, 0.6) is 5.75 Å². The lowest BCUT2D eigenvalue weighted by Crippen LogP contribution is -2.17. The van der Waals surface area contributed by atoms with Gasteiger partial charge in [0.15, 0.2) is 0 Å². The molecule has 0 bridgehead atoms. The fraction of sp³-hybridized carbons (Fsp3) is 0.0400. The molecule has 4 aromatic carbocycles. The van der Waals surface area contributed by atoms with Crippen LogP contribution in [0, 0.1) is 0 Å². The van der Waals surface area contributed by atoms with E-state index in [-0.39, 0.29) is 5.91 Å². The molecule has 0 aliphatic heterocycles. The Balaban J connectivity index is 1.35. The Morgan fingerprint density at radius 2 is 1.71 bits per heavy atom. The van der Waals surface area contributed by atoms with Crippen molar-refractivity contribution in [3.05, 3.63) is 112 Å². The number of hydrazone groups is 1. The Bertz CT molecular complexity index is 1250. The predicted octanol–water partition coefficient (Wildman–Crippen LogP) is 6.49. The van der Waals surface area contributed by atoms with Gasteiger partial charge in [0.1, 0.15) is 12.4 Å². The normalized spacial score (nSPS) is 11.0. The van der Waals surface area contributed by atoms with Crippen LogP contribution in [-0.4, -0.2) is 12.1 Å². The van der Waals surface area contributed by atoms with Crippen molar-refractivity contribution >= 4 is 46.1 Å². The van der Waals surface area contributed by atoms with Crippen molar-refractivity contribution in [1.82, 2.24) is 5.43 Å². The maximum atomic E-state index is 12.5. The van der Waals surface area contributed by atoms with E-state index in [1.165, 1.54) is 0 Å². The maximum absolute atomic E-state index is 12.5. The molecule has 4 rings (SSSR count). The monoisotopic (exact) mass is 448 g/mol. The molecule has 0 aromatic heterocycles. The van der Waals surface area contributed by atoms with Crippen LogP contribution in [0.25, 0.3) is 10.8 Å². The van der Waals surface area contributed by atoms with Crippen molar-refractivity contribution < 1.29 is 9.53 Å². The van der Waals surface area contributed by atoms with Crippen LogP contribution in [0.1, 0.15) is 21.5 Å². The van der Waals surface area contributed by atoms with Gasteiger partial charge in [-0.2, -0.15) is 5.10 Å². The van der Waals surface area contributed by atoms with E-state index in [1.807, 2.05) is 66.7 Å². The number of carbonyl (C=O) groups is 1. The molecule has 31 heavy (non-hydrogen) atoms. The van der Waals surface area contributed by atoms with Gasteiger partial charge in [-0.25, -0.2) is 5.43 Å². The number of hydrogen-bond donors (Lipinski definition) is 1. The highest BCUT2D eigenvalue weighted by molar-refractivity contribution is 6.35. The molecule has 0 spiro atoms. The van der Waals surface area contributed by atoms with E-state index in [0.717, 1.165) is 21.9 Å². The van der Waals surface area contributed by atoms with Crippen molar-refractivity contribution in [3.63, 3.8) is 0 Å². The summed E-state index contributed by atoms with van der Waals surface area (Å²) in [6.45, 7) is 0.338. The number of hydrogen-bond acceptors (Lipinski definition) is 3. The zero-order chi connectivity index (χ0) is 21.6. The number of nitrogens with one attached hydrogen (secondary N) is 1. The summed E-state index contributed by atoms with van der Waals surface area (Å²) < 4.78 is 5.77. The molecule has 0 radical (unpaired) electrons. The molecule has 0 unspecified atom stereocenters. The Morgan fingerprint density at radius 3 is 2.52 bits per heavy atom. The van der Waals surface area contributed by atoms with Crippen LogP contribution in [-0.2, 0) is 6.61 Å². The lowest BCUT2D eigenvalue weighted by molar-refractivity contribution is 0.0957. The first-order chi connectivity index (χ1) is 15.1. The number of rotatable bonds is 6. The van der Waals surface area contributed by atoms with Gasteiger partial charge in [-0.05, 0) is 58.8 Å². The average molecular weight is 449 g/mol. The van der Waals surface area contributed by atoms with Crippen molar-refractivity contribution in [2.24, 2.45) is 5.10 Å². The van der Waals surface area contributed by atoms with Crippen LogP contribution in [0.3, 0.4) is 0 Å². The number of benzene rings is 4. The van der Waals surface area contributed by atoms with Gasteiger partial charge in [0.25, 0.3) is 5.91 Å². The van der Waals surface area contributed by atoms with Gasteiger partial charge in [-0.1, -0.05) is 65.7 Å². The van der Waals surface area contributed by atoms with Gasteiger partial charge in [0, 0.05) is 21.2 Å². The molecule has 0 fully saturated rings. The van der Waals surface area contributed by atoms with E-state index in [1.54, 1.807) is 24.4 Å². The minimum Gasteiger partial charge on any atom is -0.489 e. The van der Waals surface area contributed by atoms with Crippen LogP contribution in [0.2, 0.25) is 10.0 Å². The zero-order valence-electron chi connectivity index (χ0n) is 16.4. The molecule has 0 saturated heterocycles. The summed E-state index contributed by atoms with van der Waals surface area (Å²) in [5.74, 6) is 0.441. The minimum atomic E-state index is -0.257. The van der Waals surface area contributed by atoms with E-state index >= 15 is 0 Å².